The Morgan fingerprint density at radius 2 is 1.82 bits per heavy atom. The SMILES string of the molecule is Cc1ccc(-c2ccc(C=O)c(=O)n2C2CCCC2)c(C)c1. The molecule has 0 saturated heterocycles. The smallest absolute Gasteiger partial charge is 0.261 e. The molecular formula is C19H21NO2. The highest BCUT2D eigenvalue weighted by molar-refractivity contribution is 5.76. The van der Waals surface area contributed by atoms with E-state index in [4.69, 9.17) is 0 Å². The minimum absolute atomic E-state index is 0.153. The van der Waals surface area contributed by atoms with E-state index in [0.717, 1.165) is 42.5 Å². The molecule has 1 aromatic heterocycles. The molecule has 0 N–H and O–H groups in total. The van der Waals surface area contributed by atoms with E-state index in [1.54, 1.807) is 6.07 Å². The third-order valence-corrected chi connectivity index (χ3v) is 4.62. The van der Waals surface area contributed by atoms with Gasteiger partial charge >= 0.3 is 0 Å². The molecule has 1 aliphatic carbocycles. The number of aryl methyl sites for hydroxylation is 2. The second-order valence-electron chi connectivity index (χ2n) is 6.22. The number of hydrogen-bond acceptors (Lipinski definition) is 2. The van der Waals surface area contributed by atoms with Gasteiger partial charge in [0, 0.05) is 11.6 Å². The van der Waals surface area contributed by atoms with Gasteiger partial charge in [0.25, 0.3) is 5.56 Å². The number of benzene rings is 1. The molecule has 1 saturated carbocycles. The number of rotatable bonds is 3. The number of carbonyl (C=O) groups excluding carboxylic acids is 1. The Hall–Kier alpha value is -2.16. The van der Waals surface area contributed by atoms with Crippen molar-refractivity contribution in [2.45, 2.75) is 45.6 Å². The molecule has 1 heterocycles. The summed E-state index contributed by atoms with van der Waals surface area (Å²) in [7, 11) is 0. The maximum absolute atomic E-state index is 12.7. The molecule has 0 bridgehead atoms. The molecule has 0 atom stereocenters. The van der Waals surface area contributed by atoms with Crippen molar-refractivity contribution in [1.82, 2.24) is 4.57 Å². The van der Waals surface area contributed by atoms with Gasteiger partial charge in [-0.3, -0.25) is 9.59 Å². The monoisotopic (exact) mass is 295 g/mol. The van der Waals surface area contributed by atoms with Crippen molar-refractivity contribution >= 4 is 6.29 Å². The lowest BCUT2D eigenvalue weighted by Gasteiger charge is -2.21. The molecule has 0 amide bonds. The summed E-state index contributed by atoms with van der Waals surface area (Å²) >= 11 is 0. The molecule has 114 valence electrons. The van der Waals surface area contributed by atoms with Gasteiger partial charge in [0.05, 0.1) is 11.3 Å². The number of hydrogen-bond donors (Lipinski definition) is 0. The number of aldehydes is 1. The lowest BCUT2D eigenvalue weighted by molar-refractivity contribution is 0.112. The van der Waals surface area contributed by atoms with Gasteiger partial charge in [-0.25, -0.2) is 0 Å². The highest BCUT2D eigenvalue weighted by Crippen LogP contribution is 2.33. The molecule has 3 nitrogen and oxygen atoms in total. The fourth-order valence-electron chi connectivity index (χ4n) is 3.50. The number of carbonyl (C=O) groups is 1. The van der Waals surface area contributed by atoms with Crippen LogP contribution in [-0.2, 0) is 0 Å². The molecule has 0 radical (unpaired) electrons. The Morgan fingerprint density at radius 3 is 2.45 bits per heavy atom. The van der Waals surface area contributed by atoms with E-state index in [-0.39, 0.29) is 17.2 Å². The summed E-state index contributed by atoms with van der Waals surface area (Å²) in [6.07, 6.45) is 4.99. The van der Waals surface area contributed by atoms with Crippen LogP contribution in [0.15, 0.2) is 35.1 Å². The van der Waals surface area contributed by atoms with Crippen LogP contribution in [0.1, 0.15) is 53.2 Å². The highest BCUT2D eigenvalue weighted by Gasteiger charge is 2.22. The average Bonchev–Trinajstić information content (AvgIpc) is 3.01. The third-order valence-electron chi connectivity index (χ3n) is 4.62. The zero-order valence-electron chi connectivity index (χ0n) is 13.1. The van der Waals surface area contributed by atoms with Crippen molar-refractivity contribution in [1.29, 1.82) is 0 Å². The molecule has 1 fully saturated rings. The van der Waals surface area contributed by atoms with E-state index in [0.29, 0.717) is 6.29 Å². The largest absolute Gasteiger partial charge is 0.305 e. The lowest BCUT2D eigenvalue weighted by Crippen LogP contribution is -2.27. The van der Waals surface area contributed by atoms with Crippen LogP contribution in [-0.4, -0.2) is 10.9 Å². The predicted octanol–water partition coefficient (Wildman–Crippen LogP) is 4.06. The minimum Gasteiger partial charge on any atom is -0.305 e. The standard InChI is InChI=1S/C19H21NO2/c1-13-7-9-17(14(2)11-13)18-10-8-15(12-21)19(22)20(18)16-5-3-4-6-16/h7-12,16H,3-6H2,1-2H3. The van der Waals surface area contributed by atoms with Crippen LogP contribution in [0.4, 0.5) is 0 Å². The fourth-order valence-corrected chi connectivity index (χ4v) is 3.50. The zero-order chi connectivity index (χ0) is 15.7. The van der Waals surface area contributed by atoms with Crippen molar-refractivity contribution in [2.75, 3.05) is 0 Å². The molecule has 0 unspecified atom stereocenters. The molecule has 2 aromatic rings. The van der Waals surface area contributed by atoms with Crippen LogP contribution in [0.5, 0.6) is 0 Å². The van der Waals surface area contributed by atoms with Crippen LogP contribution >= 0.6 is 0 Å². The van der Waals surface area contributed by atoms with Gasteiger partial charge in [-0.2, -0.15) is 0 Å². The van der Waals surface area contributed by atoms with Gasteiger partial charge in [0.15, 0.2) is 6.29 Å². The summed E-state index contributed by atoms with van der Waals surface area (Å²) in [5.74, 6) is 0. The lowest BCUT2D eigenvalue weighted by atomic mass is 10.0. The predicted molar refractivity (Wildman–Crippen MR) is 88.5 cm³/mol. The highest BCUT2D eigenvalue weighted by atomic mass is 16.1. The molecular weight excluding hydrogens is 274 g/mol. The van der Waals surface area contributed by atoms with Gasteiger partial charge < -0.3 is 4.57 Å². The first-order valence-corrected chi connectivity index (χ1v) is 7.90. The van der Waals surface area contributed by atoms with Crippen molar-refractivity contribution in [3.63, 3.8) is 0 Å². The van der Waals surface area contributed by atoms with E-state index in [1.165, 1.54) is 5.56 Å². The third kappa shape index (κ3) is 2.52. The quantitative estimate of drug-likeness (QED) is 0.801. The van der Waals surface area contributed by atoms with Gasteiger partial charge in [0.1, 0.15) is 0 Å². The van der Waals surface area contributed by atoms with Crippen LogP contribution in [0.25, 0.3) is 11.3 Å². The first kappa shape index (κ1) is 14.8. The molecule has 0 aliphatic heterocycles. The normalized spacial score (nSPS) is 15.2. The maximum atomic E-state index is 12.7. The van der Waals surface area contributed by atoms with E-state index in [1.807, 2.05) is 10.6 Å². The summed E-state index contributed by atoms with van der Waals surface area (Å²) in [5.41, 5.74) is 4.47. The van der Waals surface area contributed by atoms with Gasteiger partial charge in [-0.05, 0) is 44.4 Å². The molecule has 1 aliphatic rings. The van der Waals surface area contributed by atoms with E-state index in [9.17, 15) is 9.59 Å². The van der Waals surface area contributed by atoms with E-state index < -0.39 is 0 Å². The first-order chi connectivity index (χ1) is 10.6. The summed E-state index contributed by atoms with van der Waals surface area (Å²) in [4.78, 5) is 23.8. The Kier molecular flexibility index (Phi) is 3.97. The molecule has 0 spiro atoms. The van der Waals surface area contributed by atoms with Crippen LogP contribution < -0.4 is 5.56 Å². The molecule has 3 rings (SSSR count). The Bertz CT molecular complexity index is 767. The van der Waals surface area contributed by atoms with Crippen molar-refractivity contribution < 1.29 is 4.79 Å². The van der Waals surface area contributed by atoms with Crippen LogP contribution in [0.3, 0.4) is 0 Å². The summed E-state index contributed by atoms with van der Waals surface area (Å²) in [5, 5.41) is 0. The van der Waals surface area contributed by atoms with Crippen molar-refractivity contribution in [3.05, 3.63) is 57.4 Å². The summed E-state index contributed by atoms with van der Waals surface area (Å²) < 4.78 is 1.86. The van der Waals surface area contributed by atoms with Gasteiger partial charge in [-0.1, -0.05) is 36.6 Å². The number of pyridine rings is 1. The second-order valence-corrected chi connectivity index (χ2v) is 6.22. The average molecular weight is 295 g/mol. The van der Waals surface area contributed by atoms with Crippen molar-refractivity contribution in [3.8, 4) is 11.3 Å². The molecule has 3 heteroatoms. The Morgan fingerprint density at radius 1 is 1.09 bits per heavy atom. The van der Waals surface area contributed by atoms with Crippen molar-refractivity contribution in [2.24, 2.45) is 0 Å². The van der Waals surface area contributed by atoms with Crippen LogP contribution in [0, 0.1) is 13.8 Å². The maximum Gasteiger partial charge on any atom is 0.261 e. The first-order valence-electron chi connectivity index (χ1n) is 7.90. The van der Waals surface area contributed by atoms with E-state index in [2.05, 4.69) is 32.0 Å². The minimum atomic E-state index is -0.153. The number of aromatic nitrogens is 1. The molecule has 22 heavy (non-hydrogen) atoms. The topological polar surface area (TPSA) is 39.1 Å². The van der Waals surface area contributed by atoms with Crippen LogP contribution in [0.2, 0.25) is 0 Å². The Balaban J connectivity index is 2.24. The van der Waals surface area contributed by atoms with Gasteiger partial charge in [0.2, 0.25) is 0 Å². The Labute approximate surface area is 130 Å². The van der Waals surface area contributed by atoms with Gasteiger partial charge in [-0.15, -0.1) is 0 Å². The number of nitrogens with zero attached hydrogens (tertiary/aromatic N) is 1. The summed E-state index contributed by atoms with van der Waals surface area (Å²) in [6, 6.07) is 10.1. The van der Waals surface area contributed by atoms with E-state index >= 15 is 0 Å². The second kappa shape index (κ2) is 5.91. The summed E-state index contributed by atoms with van der Waals surface area (Å²) in [6.45, 7) is 4.13. The zero-order valence-corrected chi connectivity index (χ0v) is 13.1. The fraction of sp³-hybridized carbons (Fsp3) is 0.368. The molecule has 1 aromatic carbocycles.